The van der Waals surface area contributed by atoms with Gasteiger partial charge in [0.2, 0.25) is 6.79 Å². The molecule has 1 aliphatic rings. The first-order valence-corrected chi connectivity index (χ1v) is 9.64. The van der Waals surface area contributed by atoms with Gasteiger partial charge in [-0.25, -0.2) is 14.6 Å². The number of esters is 1. The van der Waals surface area contributed by atoms with Crippen LogP contribution in [0.1, 0.15) is 26.3 Å². The number of carbonyl (C=O) groups excluding carboxylic acids is 2. The Balaban J connectivity index is 1.54. The van der Waals surface area contributed by atoms with Crippen LogP contribution in [0.5, 0.6) is 17.2 Å². The van der Waals surface area contributed by atoms with Crippen molar-refractivity contribution in [2.24, 2.45) is 5.92 Å². The number of carbonyl (C=O) groups is 2. The van der Waals surface area contributed by atoms with E-state index in [2.05, 4.69) is 15.6 Å². The SMILES string of the molecule is CC(C)COC(=O)C(C)Oc1cccnc1NC(=O)NCc1ccc2c(c1)OCO2. The van der Waals surface area contributed by atoms with Crippen molar-refractivity contribution in [3.8, 4) is 17.2 Å². The van der Waals surface area contributed by atoms with Crippen molar-refractivity contribution in [2.75, 3.05) is 18.7 Å². The molecule has 1 aromatic heterocycles. The Labute approximate surface area is 174 Å². The lowest BCUT2D eigenvalue weighted by Gasteiger charge is -2.17. The van der Waals surface area contributed by atoms with Crippen LogP contribution in [-0.2, 0) is 16.1 Å². The van der Waals surface area contributed by atoms with Crippen molar-refractivity contribution in [3.05, 3.63) is 42.1 Å². The van der Waals surface area contributed by atoms with E-state index in [4.69, 9.17) is 18.9 Å². The number of nitrogens with zero attached hydrogens (tertiary/aromatic N) is 1. The predicted octanol–water partition coefficient (Wildman–Crippen LogP) is 3.10. The molecule has 1 aromatic carbocycles. The van der Waals surface area contributed by atoms with E-state index in [9.17, 15) is 9.59 Å². The summed E-state index contributed by atoms with van der Waals surface area (Å²) in [5, 5.41) is 5.37. The summed E-state index contributed by atoms with van der Waals surface area (Å²) < 4.78 is 21.4. The van der Waals surface area contributed by atoms with E-state index in [1.165, 1.54) is 6.20 Å². The third kappa shape index (κ3) is 5.76. The van der Waals surface area contributed by atoms with Gasteiger partial charge in [0.1, 0.15) is 0 Å². The summed E-state index contributed by atoms with van der Waals surface area (Å²) in [6.45, 7) is 6.27. The smallest absolute Gasteiger partial charge is 0.347 e. The maximum Gasteiger partial charge on any atom is 0.347 e. The van der Waals surface area contributed by atoms with Crippen molar-refractivity contribution in [1.29, 1.82) is 0 Å². The zero-order valence-corrected chi connectivity index (χ0v) is 17.1. The second kappa shape index (κ2) is 9.82. The van der Waals surface area contributed by atoms with Crippen LogP contribution in [0.15, 0.2) is 36.5 Å². The first-order valence-electron chi connectivity index (χ1n) is 9.64. The van der Waals surface area contributed by atoms with Crippen LogP contribution in [0, 0.1) is 5.92 Å². The van der Waals surface area contributed by atoms with Gasteiger partial charge < -0.3 is 24.3 Å². The fraction of sp³-hybridized carbons (Fsp3) is 0.381. The van der Waals surface area contributed by atoms with Crippen LogP contribution in [0.3, 0.4) is 0 Å². The van der Waals surface area contributed by atoms with Crippen LogP contribution in [0.2, 0.25) is 0 Å². The average molecular weight is 415 g/mol. The molecule has 0 fully saturated rings. The second-order valence-electron chi connectivity index (χ2n) is 7.13. The van der Waals surface area contributed by atoms with Crippen molar-refractivity contribution < 1.29 is 28.5 Å². The van der Waals surface area contributed by atoms with Crippen LogP contribution in [-0.4, -0.2) is 36.5 Å². The molecular weight excluding hydrogens is 390 g/mol. The third-order valence-electron chi connectivity index (χ3n) is 4.09. The molecule has 0 radical (unpaired) electrons. The summed E-state index contributed by atoms with van der Waals surface area (Å²) in [4.78, 5) is 28.5. The van der Waals surface area contributed by atoms with Crippen LogP contribution in [0.25, 0.3) is 0 Å². The van der Waals surface area contributed by atoms with Crippen LogP contribution in [0.4, 0.5) is 10.6 Å². The average Bonchev–Trinajstić information content (AvgIpc) is 3.19. The Morgan fingerprint density at radius 3 is 2.77 bits per heavy atom. The monoisotopic (exact) mass is 415 g/mol. The van der Waals surface area contributed by atoms with Gasteiger partial charge in [0.15, 0.2) is 29.2 Å². The van der Waals surface area contributed by atoms with Gasteiger partial charge in [0, 0.05) is 12.7 Å². The molecule has 9 nitrogen and oxygen atoms in total. The zero-order valence-electron chi connectivity index (χ0n) is 17.1. The maximum absolute atomic E-state index is 12.3. The minimum atomic E-state index is -0.842. The normalized spacial score (nSPS) is 12.9. The van der Waals surface area contributed by atoms with Gasteiger partial charge >= 0.3 is 12.0 Å². The number of benzene rings is 1. The predicted molar refractivity (Wildman–Crippen MR) is 109 cm³/mol. The number of nitrogens with one attached hydrogen (secondary N) is 2. The first kappa shape index (κ1) is 21.2. The summed E-state index contributed by atoms with van der Waals surface area (Å²) >= 11 is 0. The largest absolute Gasteiger partial charge is 0.475 e. The molecule has 0 spiro atoms. The molecule has 0 saturated carbocycles. The number of rotatable bonds is 8. The Kier molecular flexibility index (Phi) is 6.95. The van der Waals surface area contributed by atoms with Crippen LogP contribution < -0.4 is 24.8 Å². The molecular formula is C21H25N3O6. The summed E-state index contributed by atoms with van der Waals surface area (Å²) in [5.74, 6) is 1.54. The highest BCUT2D eigenvalue weighted by molar-refractivity contribution is 5.89. The molecule has 2 aromatic rings. The Bertz CT molecular complexity index is 902. The quantitative estimate of drug-likeness (QED) is 0.638. The summed E-state index contributed by atoms with van der Waals surface area (Å²) in [5.41, 5.74) is 0.855. The number of ether oxygens (including phenoxy) is 4. The van der Waals surface area contributed by atoms with E-state index >= 15 is 0 Å². The van der Waals surface area contributed by atoms with E-state index in [-0.39, 0.29) is 30.8 Å². The third-order valence-corrected chi connectivity index (χ3v) is 4.09. The number of hydrogen-bond acceptors (Lipinski definition) is 7. The molecule has 2 N–H and O–H groups in total. The topological polar surface area (TPSA) is 108 Å². The van der Waals surface area contributed by atoms with Gasteiger partial charge in [-0.15, -0.1) is 0 Å². The lowest BCUT2D eigenvalue weighted by molar-refractivity contribution is -0.152. The van der Waals surface area contributed by atoms with E-state index < -0.39 is 18.1 Å². The molecule has 2 amide bonds. The van der Waals surface area contributed by atoms with E-state index in [1.54, 1.807) is 25.1 Å². The van der Waals surface area contributed by atoms with Gasteiger partial charge in [-0.2, -0.15) is 0 Å². The Hall–Kier alpha value is -3.49. The standard InChI is InChI=1S/C21H25N3O6/c1-13(2)11-27-20(25)14(3)30-17-5-4-8-22-19(17)24-21(26)23-10-15-6-7-16-18(9-15)29-12-28-16/h4-9,13-14H,10-12H2,1-3H3,(H2,22,23,24,26). The maximum atomic E-state index is 12.3. The van der Waals surface area contributed by atoms with Crippen molar-refractivity contribution >= 4 is 17.8 Å². The molecule has 1 unspecified atom stereocenters. The molecule has 0 saturated heterocycles. The second-order valence-corrected chi connectivity index (χ2v) is 7.13. The number of fused-ring (bicyclic) bond motifs is 1. The Morgan fingerprint density at radius 1 is 1.17 bits per heavy atom. The van der Waals surface area contributed by atoms with Gasteiger partial charge in [0.25, 0.3) is 0 Å². The van der Waals surface area contributed by atoms with Gasteiger partial charge in [-0.05, 0) is 42.7 Å². The van der Waals surface area contributed by atoms with Gasteiger partial charge in [0.05, 0.1) is 6.61 Å². The Morgan fingerprint density at radius 2 is 1.97 bits per heavy atom. The number of hydrogen-bond donors (Lipinski definition) is 2. The fourth-order valence-corrected chi connectivity index (χ4v) is 2.57. The van der Waals surface area contributed by atoms with Crippen molar-refractivity contribution in [3.63, 3.8) is 0 Å². The summed E-state index contributed by atoms with van der Waals surface area (Å²) in [6.07, 6.45) is 0.674. The molecule has 1 atom stereocenters. The molecule has 0 bridgehead atoms. The highest BCUT2D eigenvalue weighted by atomic mass is 16.7. The fourth-order valence-electron chi connectivity index (χ4n) is 2.57. The van der Waals surface area contributed by atoms with E-state index in [0.29, 0.717) is 18.1 Å². The molecule has 9 heteroatoms. The number of urea groups is 1. The molecule has 2 heterocycles. The molecule has 1 aliphatic heterocycles. The lowest BCUT2D eigenvalue weighted by atomic mass is 10.2. The molecule has 3 rings (SSSR count). The van der Waals surface area contributed by atoms with E-state index in [1.807, 2.05) is 26.0 Å². The molecule has 30 heavy (non-hydrogen) atoms. The first-order chi connectivity index (χ1) is 14.4. The minimum Gasteiger partial charge on any atom is -0.475 e. The summed E-state index contributed by atoms with van der Waals surface area (Å²) in [7, 11) is 0. The van der Waals surface area contributed by atoms with Gasteiger partial charge in [-0.3, -0.25) is 5.32 Å². The van der Waals surface area contributed by atoms with Crippen LogP contribution >= 0.6 is 0 Å². The molecule has 0 aliphatic carbocycles. The molecule has 160 valence electrons. The van der Waals surface area contributed by atoms with Crippen molar-refractivity contribution in [1.82, 2.24) is 10.3 Å². The number of amides is 2. The minimum absolute atomic E-state index is 0.193. The highest BCUT2D eigenvalue weighted by Crippen LogP contribution is 2.32. The van der Waals surface area contributed by atoms with E-state index in [0.717, 1.165) is 5.56 Å². The zero-order chi connectivity index (χ0) is 21.5. The lowest BCUT2D eigenvalue weighted by Crippen LogP contribution is -2.30. The highest BCUT2D eigenvalue weighted by Gasteiger charge is 2.19. The number of anilines is 1. The van der Waals surface area contributed by atoms with Crippen molar-refractivity contribution in [2.45, 2.75) is 33.4 Å². The van der Waals surface area contributed by atoms with Gasteiger partial charge in [-0.1, -0.05) is 19.9 Å². The number of pyridine rings is 1. The summed E-state index contributed by atoms with van der Waals surface area (Å²) in [6, 6.07) is 8.24. The number of aromatic nitrogens is 1.